The Morgan fingerprint density at radius 1 is 1.33 bits per heavy atom. The number of benzene rings is 1. The van der Waals surface area contributed by atoms with Gasteiger partial charge < -0.3 is 10.4 Å². The highest BCUT2D eigenvalue weighted by molar-refractivity contribution is 5.85. The first-order chi connectivity index (χ1) is 5.38. The van der Waals surface area contributed by atoms with Gasteiger partial charge in [-0.2, -0.15) is 0 Å². The van der Waals surface area contributed by atoms with Crippen LogP contribution in [0.15, 0.2) is 24.3 Å². The standard InChI is InChI=1S/C9H11NO.ClH/c11-9-6-10-5-7-3-1-2-4-8(7)9;/h1-4,9-11H,5-6H2;1H/t9-;/m0./s1. The van der Waals surface area contributed by atoms with Gasteiger partial charge in [0.05, 0.1) is 6.10 Å². The maximum Gasteiger partial charge on any atom is 0.0917 e. The van der Waals surface area contributed by atoms with Crippen LogP contribution in [-0.2, 0) is 6.54 Å². The number of aliphatic hydroxyl groups is 1. The van der Waals surface area contributed by atoms with Gasteiger partial charge >= 0.3 is 0 Å². The van der Waals surface area contributed by atoms with E-state index in [2.05, 4.69) is 5.32 Å². The Hall–Kier alpha value is -0.570. The van der Waals surface area contributed by atoms with E-state index in [1.54, 1.807) is 0 Å². The van der Waals surface area contributed by atoms with Gasteiger partial charge in [0.15, 0.2) is 0 Å². The first kappa shape index (κ1) is 9.52. The Balaban J connectivity index is 0.000000720. The molecule has 66 valence electrons. The minimum atomic E-state index is -0.319. The van der Waals surface area contributed by atoms with Crippen molar-refractivity contribution in [2.24, 2.45) is 0 Å². The van der Waals surface area contributed by atoms with E-state index in [1.807, 2.05) is 24.3 Å². The second-order valence-electron chi connectivity index (χ2n) is 2.85. The van der Waals surface area contributed by atoms with Crippen molar-refractivity contribution in [3.63, 3.8) is 0 Å². The quantitative estimate of drug-likeness (QED) is 0.638. The summed E-state index contributed by atoms with van der Waals surface area (Å²) < 4.78 is 0. The molecule has 2 N–H and O–H groups in total. The summed E-state index contributed by atoms with van der Waals surface area (Å²) in [7, 11) is 0. The SMILES string of the molecule is Cl.O[C@H]1CNCc2ccccc21. The Bertz CT molecular complexity index is 264. The average Bonchev–Trinajstić information content (AvgIpc) is 2.06. The lowest BCUT2D eigenvalue weighted by Crippen LogP contribution is -2.27. The molecule has 2 nitrogen and oxygen atoms in total. The summed E-state index contributed by atoms with van der Waals surface area (Å²) in [5.41, 5.74) is 2.29. The number of aliphatic hydroxyl groups excluding tert-OH is 1. The fraction of sp³-hybridized carbons (Fsp3) is 0.333. The lowest BCUT2D eigenvalue weighted by molar-refractivity contribution is 0.165. The molecule has 1 heterocycles. The zero-order chi connectivity index (χ0) is 7.68. The lowest BCUT2D eigenvalue weighted by Gasteiger charge is -2.21. The Labute approximate surface area is 78.0 Å². The van der Waals surface area contributed by atoms with Crippen LogP contribution in [0.5, 0.6) is 0 Å². The van der Waals surface area contributed by atoms with Crippen LogP contribution in [-0.4, -0.2) is 11.7 Å². The molecule has 0 saturated carbocycles. The summed E-state index contributed by atoms with van der Waals surface area (Å²) in [4.78, 5) is 0. The van der Waals surface area contributed by atoms with Crippen molar-refractivity contribution in [1.29, 1.82) is 0 Å². The zero-order valence-electron chi connectivity index (χ0n) is 6.66. The second-order valence-corrected chi connectivity index (χ2v) is 2.85. The molecule has 0 unspecified atom stereocenters. The molecule has 0 amide bonds. The topological polar surface area (TPSA) is 32.3 Å². The molecule has 0 spiro atoms. The van der Waals surface area contributed by atoms with Crippen LogP contribution >= 0.6 is 12.4 Å². The van der Waals surface area contributed by atoms with Crippen LogP contribution < -0.4 is 5.32 Å². The van der Waals surface area contributed by atoms with Gasteiger partial charge in [0.2, 0.25) is 0 Å². The molecule has 1 aromatic rings. The third-order valence-electron chi connectivity index (χ3n) is 2.07. The highest BCUT2D eigenvalue weighted by atomic mass is 35.5. The molecule has 0 saturated heterocycles. The molecule has 1 aromatic carbocycles. The van der Waals surface area contributed by atoms with Crippen molar-refractivity contribution in [1.82, 2.24) is 5.32 Å². The largest absolute Gasteiger partial charge is 0.387 e. The summed E-state index contributed by atoms with van der Waals surface area (Å²) in [5, 5.41) is 12.6. The predicted molar refractivity (Wildman–Crippen MR) is 50.4 cm³/mol. The van der Waals surface area contributed by atoms with Crippen LogP contribution in [0, 0.1) is 0 Å². The number of fused-ring (bicyclic) bond motifs is 1. The molecule has 1 atom stereocenters. The van der Waals surface area contributed by atoms with Gasteiger partial charge in [-0.25, -0.2) is 0 Å². The van der Waals surface area contributed by atoms with Crippen LogP contribution in [0.3, 0.4) is 0 Å². The van der Waals surface area contributed by atoms with Gasteiger partial charge in [-0.05, 0) is 11.1 Å². The van der Waals surface area contributed by atoms with Crippen molar-refractivity contribution >= 4 is 12.4 Å². The fourth-order valence-corrected chi connectivity index (χ4v) is 1.47. The van der Waals surface area contributed by atoms with Crippen LogP contribution in [0.1, 0.15) is 17.2 Å². The summed E-state index contributed by atoms with van der Waals surface area (Å²) in [6.45, 7) is 1.56. The Morgan fingerprint density at radius 2 is 2.08 bits per heavy atom. The van der Waals surface area contributed by atoms with Gasteiger partial charge in [-0.3, -0.25) is 0 Å². The molecule has 0 aromatic heterocycles. The number of rotatable bonds is 0. The number of halogens is 1. The molecule has 2 rings (SSSR count). The molecule has 3 heteroatoms. The van der Waals surface area contributed by atoms with Crippen molar-refractivity contribution in [3.8, 4) is 0 Å². The smallest absolute Gasteiger partial charge is 0.0917 e. The molecule has 1 aliphatic heterocycles. The number of nitrogens with one attached hydrogen (secondary N) is 1. The van der Waals surface area contributed by atoms with Crippen LogP contribution in [0.4, 0.5) is 0 Å². The third kappa shape index (κ3) is 1.61. The van der Waals surface area contributed by atoms with Crippen molar-refractivity contribution in [2.75, 3.05) is 6.54 Å². The molecular weight excluding hydrogens is 174 g/mol. The fourth-order valence-electron chi connectivity index (χ4n) is 1.47. The first-order valence-corrected chi connectivity index (χ1v) is 3.84. The predicted octanol–water partition coefficient (Wildman–Crippen LogP) is 1.24. The van der Waals surface area contributed by atoms with Crippen molar-refractivity contribution in [2.45, 2.75) is 12.6 Å². The van der Waals surface area contributed by atoms with Crippen LogP contribution in [0.25, 0.3) is 0 Å². The van der Waals surface area contributed by atoms with Gasteiger partial charge in [0, 0.05) is 13.1 Å². The second kappa shape index (κ2) is 3.90. The van der Waals surface area contributed by atoms with Gasteiger partial charge in [-0.15, -0.1) is 12.4 Å². The Morgan fingerprint density at radius 3 is 2.83 bits per heavy atom. The maximum absolute atomic E-state index is 9.50. The van der Waals surface area contributed by atoms with E-state index in [-0.39, 0.29) is 18.5 Å². The van der Waals surface area contributed by atoms with Crippen molar-refractivity contribution < 1.29 is 5.11 Å². The van der Waals surface area contributed by atoms with E-state index in [4.69, 9.17) is 0 Å². The van der Waals surface area contributed by atoms with E-state index in [0.717, 1.165) is 12.1 Å². The highest BCUT2D eigenvalue weighted by Crippen LogP contribution is 2.20. The number of hydrogen-bond donors (Lipinski definition) is 2. The minimum Gasteiger partial charge on any atom is -0.387 e. The number of hydrogen-bond acceptors (Lipinski definition) is 2. The first-order valence-electron chi connectivity index (χ1n) is 3.84. The lowest BCUT2D eigenvalue weighted by atomic mass is 9.99. The molecule has 0 aliphatic carbocycles. The zero-order valence-corrected chi connectivity index (χ0v) is 7.47. The van der Waals surface area contributed by atoms with Gasteiger partial charge in [0.1, 0.15) is 0 Å². The summed E-state index contributed by atoms with van der Waals surface area (Å²) in [5.74, 6) is 0. The van der Waals surface area contributed by atoms with Crippen LogP contribution in [0.2, 0.25) is 0 Å². The molecule has 0 bridgehead atoms. The molecule has 1 aliphatic rings. The maximum atomic E-state index is 9.50. The molecule has 0 radical (unpaired) electrons. The molecule has 12 heavy (non-hydrogen) atoms. The van der Waals surface area contributed by atoms with E-state index >= 15 is 0 Å². The minimum absolute atomic E-state index is 0. The van der Waals surface area contributed by atoms with E-state index < -0.39 is 0 Å². The average molecular weight is 186 g/mol. The van der Waals surface area contributed by atoms with Gasteiger partial charge in [-0.1, -0.05) is 24.3 Å². The Kier molecular flexibility index (Phi) is 3.09. The third-order valence-corrected chi connectivity index (χ3v) is 2.07. The number of β-amino-alcohol motifs (C(OH)–C–C–N with tert-alkyl or cyclic N) is 1. The molecule has 0 fully saturated rings. The van der Waals surface area contributed by atoms with E-state index in [9.17, 15) is 5.11 Å². The normalized spacial score (nSPS) is 20.9. The van der Waals surface area contributed by atoms with Crippen molar-refractivity contribution in [3.05, 3.63) is 35.4 Å². The van der Waals surface area contributed by atoms with E-state index in [0.29, 0.717) is 6.54 Å². The van der Waals surface area contributed by atoms with Gasteiger partial charge in [0.25, 0.3) is 0 Å². The summed E-state index contributed by atoms with van der Waals surface area (Å²) in [6, 6.07) is 8.00. The summed E-state index contributed by atoms with van der Waals surface area (Å²) >= 11 is 0. The van der Waals surface area contributed by atoms with E-state index in [1.165, 1.54) is 5.56 Å². The molecular formula is C9H12ClNO. The summed E-state index contributed by atoms with van der Waals surface area (Å²) in [6.07, 6.45) is -0.319. The highest BCUT2D eigenvalue weighted by Gasteiger charge is 2.15. The monoisotopic (exact) mass is 185 g/mol.